The first-order chi connectivity index (χ1) is 41.0. The quantitative estimate of drug-likeness (QED) is 0.0530. The Bertz CT molecular complexity index is 2800. The van der Waals surface area contributed by atoms with E-state index in [1.54, 1.807) is 46.5 Å². The SMILES string of the molecule is CCC[CH2][Sn]([CH2]CCC)([CH2]CCC)[c]1ccc(C)cc1C.CCC[CH2][Sn]([CH2]CCC)([CH2]CCC)[c]1cccc(C)c1.Cc1cc(C)c[c]([Sn]([CH3])([CH3])[CH3])c1.Cc1ccc[c]([Sn]([CH3])([CH3])[CH3])c1C.Cc1cccc(C)[c]1[Sn]([CH3])([CH3])[CH3].Cc1cccc[c]1[Sn]([CH3])([CH3])[CH3]. The molecule has 0 heterocycles. The summed E-state index contributed by atoms with van der Waals surface area (Å²) in [6, 6.07) is 46.1. The summed E-state index contributed by atoms with van der Waals surface area (Å²) in [5.74, 6) is 0. The average Bonchev–Trinajstić information content (AvgIpc) is 2.18. The molecule has 0 unspecified atom stereocenters. The van der Waals surface area contributed by atoms with E-state index in [1.807, 2.05) is 7.16 Å². The Labute approximate surface area is 574 Å². The topological polar surface area (TPSA) is 0 Å². The van der Waals surface area contributed by atoms with E-state index in [9.17, 15) is 0 Å². The van der Waals surface area contributed by atoms with Gasteiger partial charge in [-0.2, -0.15) is 0 Å². The van der Waals surface area contributed by atoms with Gasteiger partial charge in [-0.3, -0.25) is 0 Å². The van der Waals surface area contributed by atoms with Crippen LogP contribution < -0.4 is 21.5 Å². The maximum atomic E-state index is 2.54. The summed E-state index contributed by atoms with van der Waals surface area (Å²) in [5.41, 5.74) is 14.8. The summed E-state index contributed by atoms with van der Waals surface area (Å²) in [6.07, 6.45) is 16.9. The van der Waals surface area contributed by atoms with E-state index in [0.717, 1.165) is 0 Å². The van der Waals surface area contributed by atoms with Crippen molar-refractivity contribution in [2.75, 3.05) is 0 Å². The van der Waals surface area contributed by atoms with E-state index >= 15 is 0 Å². The van der Waals surface area contributed by atoms with Gasteiger partial charge >= 0.3 is 582 Å². The molecule has 0 radical (unpaired) electrons. The van der Waals surface area contributed by atoms with Crippen molar-refractivity contribution in [2.45, 2.75) is 274 Å². The van der Waals surface area contributed by atoms with Gasteiger partial charge in [0.1, 0.15) is 0 Å². The minimum atomic E-state index is -2.19. The third-order valence-corrected chi connectivity index (χ3v) is 74.7. The molecule has 0 saturated carbocycles. The fourth-order valence-corrected chi connectivity index (χ4v) is 68.6. The van der Waals surface area contributed by atoms with Crippen LogP contribution in [0.15, 0.2) is 121 Å². The number of rotatable bonds is 24. The van der Waals surface area contributed by atoms with Crippen molar-refractivity contribution in [3.63, 3.8) is 0 Å². The summed E-state index contributed by atoms with van der Waals surface area (Å²) < 4.78 is 19.8. The van der Waals surface area contributed by atoms with Crippen molar-refractivity contribution in [1.82, 2.24) is 0 Å². The van der Waals surface area contributed by atoms with E-state index < -0.39 is 110 Å². The molecule has 0 fully saturated rings. The summed E-state index contributed by atoms with van der Waals surface area (Å²) >= 11 is -11.6. The Morgan fingerprint density at radius 2 is 0.614 bits per heavy atom. The molecule has 6 rings (SSSR count). The number of hydrogen-bond acceptors (Lipinski definition) is 0. The monoisotopic (exact) mass is 1840 g/mol. The second-order valence-electron chi connectivity index (χ2n) is 31.1. The van der Waals surface area contributed by atoms with Crippen molar-refractivity contribution in [3.05, 3.63) is 177 Å². The first-order valence-electron chi connectivity index (χ1n) is 35.5. The van der Waals surface area contributed by atoms with Crippen LogP contribution in [0.5, 0.6) is 0 Å². The molecule has 6 heteroatoms. The Morgan fingerprint density at radius 3 is 0.966 bits per heavy atom. The first kappa shape index (κ1) is 86.1. The molecule has 0 nitrogen and oxygen atoms in total. The van der Waals surface area contributed by atoms with Crippen molar-refractivity contribution in [2.24, 2.45) is 0 Å². The summed E-state index contributed by atoms with van der Waals surface area (Å²) in [7, 11) is 0. The van der Waals surface area contributed by atoms with Crippen LogP contribution in [-0.2, 0) is 0 Å². The number of hydrogen-bond donors (Lipinski definition) is 0. The Kier molecular flexibility index (Phi) is 42.4. The molecule has 0 bridgehead atoms. The molecule has 0 aliphatic carbocycles. The van der Waals surface area contributed by atoms with E-state index in [-0.39, 0.29) is 0 Å². The van der Waals surface area contributed by atoms with Gasteiger partial charge in [-0.25, -0.2) is 0 Å². The van der Waals surface area contributed by atoms with E-state index in [2.05, 4.69) is 291 Å². The fourth-order valence-electron chi connectivity index (χ4n) is 13.4. The van der Waals surface area contributed by atoms with Crippen LogP contribution in [-0.4, -0.2) is 110 Å². The van der Waals surface area contributed by atoms with Crippen LogP contribution in [0, 0.1) is 69.2 Å². The molecule has 6 aromatic carbocycles. The van der Waals surface area contributed by atoms with Crippen molar-refractivity contribution in [1.29, 1.82) is 0 Å². The van der Waals surface area contributed by atoms with Gasteiger partial charge in [0.05, 0.1) is 0 Å². The zero-order valence-corrected chi connectivity index (χ0v) is 80.4. The Hall–Kier alpha value is 0.112. The van der Waals surface area contributed by atoms with Gasteiger partial charge in [-0.05, 0) is 0 Å². The number of benzene rings is 6. The molecule has 0 spiro atoms. The van der Waals surface area contributed by atoms with Crippen LogP contribution in [0.2, 0.25) is 85.9 Å². The third kappa shape index (κ3) is 31.8. The van der Waals surface area contributed by atoms with Crippen LogP contribution >= 0.6 is 0 Å². The summed E-state index contributed by atoms with van der Waals surface area (Å²) in [5, 5.41) is 0. The molecule has 0 amide bonds. The average molecular weight is 1840 g/mol. The zero-order chi connectivity index (χ0) is 67.1. The van der Waals surface area contributed by atoms with Crippen LogP contribution in [0.1, 0.15) is 174 Å². The Morgan fingerprint density at radius 1 is 0.250 bits per heavy atom. The van der Waals surface area contributed by atoms with Gasteiger partial charge < -0.3 is 0 Å². The fraction of sp³-hybridized carbons (Fsp3) is 0.561. The van der Waals surface area contributed by atoms with Gasteiger partial charge in [-0.15, -0.1) is 0 Å². The van der Waals surface area contributed by atoms with Crippen molar-refractivity contribution < 1.29 is 0 Å². The molecule has 0 atom stereocenters. The molecule has 0 aliphatic heterocycles. The second-order valence-corrected chi connectivity index (χ2v) is 115. The second kappa shape index (κ2) is 43.3. The van der Waals surface area contributed by atoms with Gasteiger partial charge in [0, 0.05) is 0 Å². The van der Waals surface area contributed by atoms with Crippen molar-refractivity contribution in [3.8, 4) is 0 Å². The maximum absolute atomic E-state index is 2.54. The molecular formula is C82H140Sn6. The predicted molar refractivity (Wildman–Crippen MR) is 427 cm³/mol. The van der Waals surface area contributed by atoms with Crippen LogP contribution in [0.4, 0.5) is 0 Å². The van der Waals surface area contributed by atoms with Crippen LogP contribution in [0.25, 0.3) is 0 Å². The molecule has 6 aromatic rings. The summed E-state index contributed by atoms with van der Waals surface area (Å²) in [4.78, 5) is 29.6. The van der Waals surface area contributed by atoms with Gasteiger partial charge in [0.15, 0.2) is 0 Å². The standard InChI is InChI=1S/4C8H9.2C7H7.6C4H9.12CH3.6Sn/c3*1-7-4-3-5-8(2)6-7;1-7-5-3-4-6-8(7)2;2*1-7-5-3-2-4-6-7;6*1-3-4-2;;;;;;;;;;;;;;;;;;/h4-6H,1-2H3;3-4,6H,1-2H3;2*3-5H,1-2H3;2-3,5-6H,1H3;2-5H,1H3;6*1,3-4H2,2H3;12*1H3;;;;;;. The zero-order valence-electron chi connectivity index (χ0n) is 63.3. The molecule has 0 N–H and O–H groups in total. The van der Waals surface area contributed by atoms with Gasteiger partial charge in [0.2, 0.25) is 0 Å². The predicted octanol–water partition coefficient (Wildman–Crippen LogP) is 23.5. The van der Waals surface area contributed by atoms with E-state index in [0.29, 0.717) is 0 Å². The molecule has 88 heavy (non-hydrogen) atoms. The number of aryl methyl sites for hydroxylation is 9. The van der Waals surface area contributed by atoms with Gasteiger partial charge in [-0.1, -0.05) is 0 Å². The Balaban J connectivity index is 0.000000539. The molecule has 0 aliphatic rings. The molecule has 0 saturated heterocycles. The number of unbranched alkanes of at least 4 members (excludes halogenated alkanes) is 6. The third-order valence-electron chi connectivity index (χ3n) is 18.3. The first-order valence-corrected chi connectivity index (χ1v) is 90.4. The van der Waals surface area contributed by atoms with E-state index in [4.69, 9.17) is 0 Å². The minimum absolute atomic E-state index is 1.36. The summed E-state index contributed by atoms with van der Waals surface area (Å²) in [6.45, 7) is 36.5. The van der Waals surface area contributed by atoms with Crippen LogP contribution in [0.3, 0.4) is 0 Å². The normalized spacial score (nSPS) is 11.8. The molecular weight excluding hydrogens is 1700 g/mol. The van der Waals surface area contributed by atoms with E-state index in [1.165, 1.54) is 127 Å². The molecule has 0 aromatic heterocycles. The van der Waals surface area contributed by atoms with Crippen molar-refractivity contribution >= 4 is 132 Å². The molecule has 492 valence electrons. The van der Waals surface area contributed by atoms with Gasteiger partial charge in [0.25, 0.3) is 0 Å².